The molecule has 0 atom stereocenters. The van der Waals surface area contributed by atoms with Crippen molar-refractivity contribution in [1.29, 1.82) is 0 Å². The Morgan fingerprint density at radius 1 is 0.964 bits per heavy atom. The van der Waals surface area contributed by atoms with Gasteiger partial charge in [0.05, 0.1) is 11.0 Å². The van der Waals surface area contributed by atoms with E-state index in [2.05, 4.69) is 28.2 Å². The van der Waals surface area contributed by atoms with Crippen LogP contribution in [0.15, 0.2) is 53.3 Å². The normalized spacial score (nSPS) is 15.1. The Labute approximate surface area is 163 Å². The number of nitrogens with zero attached hydrogens (tertiary/aromatic N) is 4. The molecule has 0 spiro atoms. The van der Waals surface area contributed by atoms with Gasteiger partial charge in [-0.15, -0.1) is 0 Å². The van der Waals surface area contributed by atoms with E-state index in [9.17, 15) is 9.59 Å². The van der Waals surface area contributed by atoms with Gasteiger partial charge in [-0.2, -0.15) is 0 Å². The molecule has 1 aliphatic rings. The third kappa shape index (κ3) is 3.53. The number of hydrogen-bond donors (Lipinski definition) is 1. The smallest absolute Gasteiger partial charge is 0.329 e. The second-order valence-electron chi connectivity index (χ2n) is 7.31. The first kappa shape index (κ1) is 18.3. The lowest BCUT2D eigenvalue weighted by Crippen LogP contribution is -2.44. The summed E-state index contributed by atoms with van der Waals surface area (Å²) in [5.74, 6) is -0.214. The van der Waals surface area contributed by atoms with Crippen LogP contribution >= 0.6 is 0 Å². The van der Waals surface area contributed by atoms with Crippen LogP contribution in [0.1, 0.15) is 0 Å². The number of aromatic nitrogens is 2. The first-order chi connectivity index (χ1) is 13.5. The second kappa shape index (κ2) is 7.52. The molecule has 0 saturated carbocycles. The number of hydrogen-bond acceptors (Lipinski definition) is 4. The molecule has 3 aromatic rings. The van der Waals surface area contributed by atoms with Gasteiger partial charge in [-0.1, -0.05) is 18.2 Å². The number of aryl methyl sites for hydroxylation is 1. The number of piperazine rings is 1. The lowest BCUT2D eigenvalue weighted by atomic mass is 10.2. The van der Waals surface area contributed by atoms with Crippen molar-refractivity contribution in [3.8, 4) is 0 Å². The molecule has 1 aliphatic heterocycles. The minimum Gasteiger partial charge on any atom is -0.369 e. The molecular formula is C21H25N5O2. The molecule has 1 aromatic heterocycles. The van der Waals surface area contributed by atoms with Crippen molar-refractivity contribution in [3.05, 3.63) is 59.0 Å². The van der Waals surface area contributed by atoms with E-state index in [0.29, 0.717) is 0 Å². The zero-order chi connectivity index (χ0) is 19.7. The van der Waals surface area contributed by atoms with Crippen LogP contribution in [0.4, 0.5) is 11.4 Å². The summed E-state index contributed by atoms with van der Waals surface area (Å²) in [5, 5.41) is 2.93. The number of nitrogens with one attached hydrogen (secondary N) is 1. The molecule has 1 N–H and O–H groups in total. The van der Waals surface area contributed by atoms with E-state index in [4.69, 9.17) is 0 Å². The molecule has 0 aliphatic carbocycles. The zero-order valence-electron chi connectivity index (χ0n) is 16.3. The van der Waals surface area contributed by atoms with Crippen molar-refractivity contribution in [2.24, 2.45) is 7.05 Å². The highest BCUT2D eigenvalue weighted by atomic mass is 16.2. The highest BCUT2D eigenvalue weighted by molar-refractivity contribution is 5.92. The number of carbonyl (C=O) groups excluding carboxylic acids is 1. The molecule has 0 bridgehead atoms. The Morgan fingerprint density at radius 2 is 1.68 bits per heavy atom. The van der Waals surface area contributed by atoms with E-state index in [0.717, 1.165) is 48.6 Å². The molecule has 4 rings (SSSR count). The van der Waals surface area contributed by atoms with Gasteiger partial charge in [-0.3, -0.25) is 13.9 Å². The van der Waals surface area contributed by atoms with Gasteiger partial charge in [-0.25, -0.2) is 4.79 Å². The summed E-state index contributed by atoms with van der Waals surface area (Å²) in [6.07, 6.45) is 0. The summed E-state index contributed by atoms with van der Waals surface area (Å²) in [6, 6.07) is 15.4. The van der Waals surface area contributed by atoms with E-state index >= 15 is 0 Å². The highest BCUT2D eigenvalue weighted by Crippen LogP contribution is 2.21. The summed E-state index contributed by atoms with van der Waals surface area (Å²) in [7, 11) is 3.85. The lowest BCUT2D eigenvalue weighted by molar-refractivity contribution is -0.116. The maximum absolute atomic E-state index is 12.6. The van der Waals surface area contributed by atoms with Crippen LogP contribution < -0.4 is 15.9 Å². The quantitative estimate of drug-likeness (QED) is 0.750. The van der Waals surface area contributed by atoms with Gasteiger partial charge >= 0.3 is 5.69 Å². The van der Waals surface area contributed by atoms with E-state index < -0.39 is 0 Å². The molecule has 1 fully saturated rings. The first-order valence-corrected chi connectivity index (χ1v) is 9.50. The number of fused-ring (bicyclic) bond motifs is 1. The number of imidazole rings is 1. The van der Waals surface area contributed by atoms with E-state index in [1.165, 1.54) is 4.57 Å². The SMILES string of the molecule is CN1CCN(c2cccc(NC(=O)Cn3c(=O)n(C)c4ccccc43)c2)CC1. The number of anilines is 2. The molecule has 1 saturated heterocycles. The molecule has 7 heteroatoms. The summed E-state index contributed by atoms with van der Waals surface area (Å²) >= 11 is 0. The third-order valence-electron chi connectivity index (χ3n) is 5.35. The maximum atomic E-state index is 12.6. The van der Waals surface area contributed by atoms with Crippen molar-refractivity contribution >= 4 is 28.3 Å². The van der Waals surface area contributed by atoms with Crippen LogP contribution in [-0.4, -0.2) is 53.2 Å². The summed E-state index contributed by atoms with van der Waals surface area (Å²) in [6.45, 7) is 3.98. The van der Waals surface area contributed by atoms with Crippen LogP contribution in [0.2, 0.25) is 0 Å². The first-order valence-electron chi connectivity index (χ1n) is 9.50. The van der Waals surface area contributed by atoms with E-state index in [1.807, 2.05) is 42.5 Å². The molecule has 2 heterocycles. The van der Waals surface area contributed by atoms with Crippen LogP contribution in [0.25, 0.3) is 11.0 Å². The standard InChI is InChI=1S/C21H25N5O2/c1-23-10-12-25(13-11-23)17-7-5-6-16(14-17)22-20(27)15-26-19-9-4-3-8-18(19)24(2)21(26)28/h3-9,14H,10-13,15H2,1-2H3,(H,22,27). The molecule has 1 amide bonds. The molecule has 7 nitrogen and oxygen atoms in total. The lowest BCUT2D eigenvalue weighted by Gasteiger charge is -2.34. The van der Waals surface area contributed by atoms with Gasteiger partial charge in [0.25, 0.3) is 0 Å². The number of carbonyl (C=O) groups is 1. The van der Waals surface area contributed by atoms with Crippen molar-refractivity contribution in [3.63, 3.8) is 0 Å². The Bertz CT molecular complexity index is 1060. The number of benzene rings is 2. The van der Waals surface area contributed by atoms with Gasteiger partial charge in [-0.05, 0) is 37.4 Å². The summed E-state index contributed by atoms with van der Waals surface area (Å²) in [4.78, 5) is 29.7. The molecular weight excluding hydrogens is 354 g/mol. The number of amides is 1. The van der Waals surface area contributed by atoms with Crippen LogP contribution in [0.5, 0.6) is 0 Å². The summed E-state index contributed by atoms with van der Waals surface area (Å²) in [5.41, 5.74) is 3.24. The highest BCUT2D eigenvalue weighted by Gasteiger charge is 2.16. The zero-order valence-corrected chi connectivity index (χ0v) is 16.3. The van der Waals surface area contributed by atoms with Gasteiger partial charge in [0.15, 0.2) is 0 Å². The largest absolute Gasteiger partial charge is 0.369 e. The van der Waals surface area contributed by atoms with Gasteiger partial charge in [0.2, 0.25) is 5.91 Å². The second-order valence-corrected chi connectivity index (χ2v) is 7.31. The minimum absolute atomic E-state index is 0.0150. The van der Waals surface area contributed by atoms with Crippen LogP contribution in [0, 0.1) is 0 Å². The summed E-state index contributed by atoms with van der Waals surface area (Å²) < 4.78 is 3.07. The fourth-order valence-electron chi connectivity index (χ4n) is 3.71. The number of rotatable bonds is 4. The van der Waals surface area contributed by atoms with Crippen LogP contribution in [-0.2, 0) is 18.4 Å². The van der Waals surface area contributed by atoms with Gasteiger partial charge in [0, 0.05) is 44.6 Å². The average Bonchev–Trinajstić information content (AvgIpc) is 2.94. The topological polar surface area (TPSA) is 62.5 Å². The maximum Gasteiger partial charge on any atom is 0.329 e. The third-order valence-corrected chi connectivity index (χ3v) is 5.35. The van der Waals surface area contributed by atoms with Gasteiger partial charge in [0.1, 0.15) is 6.54 Å². The Kier molecular flexibility index (Phi) is 4.92. The molecule has 0 unspecified atom stereocenters. The van der Waals surface area contributed by atoms with Gasteiger partial charge < -0.3 is 15.1 Å². The predicted octanol–water partition coefficient (Wildman–Crippen LogP) is 1.73. The molecule has 146 valence electrons. The van der Waals surface area contributed by atoms with Crippen molar-refractivity contribution in [1.82, 2.24) is 14.0 Å². The Balaban J connectivity index is 1.50. The van der Waals surface area contributed by atoms with E-state index in [-0.39, 0.29) is 18.1 Å². The van der Waals surface area contributed by atoms with Crippen LogP contribution in [0.3, 0.4) is 0 Å². The minimum atomic E-state index is -0.214. The van der Waals surface area contributed by atoms with Crippen molar-refractivity contribution in [2.45, 2.75) is 6.54 Å². The van der Waals surface area contributed by atoms with E-state index in [1.54, 1.807) is 11.6 Å². The number of para-hydroxylation sites is 2. The molecule has 2 aromatic carbocycles. The number of likely N-dealkylation sites (N-methyl/N-ethyl adjacent to an activating group) is 1. The monoisotopic (exact) mass is 379 g/mol. The molecule has 28 heavy (non-hydrogen) atoms. The van der Waals surface area contributed by atoms with Crippen molar-refractivity contribution < 1.29 is 4.79 Å². The molecule has 0 radical (unpaired) electrons. The van der Waals surface area contributed by atoms with Crippen molar-refractivity contribution in [2.75, 3.05) is 43.4 Å². The predicted molar refractivity (Wildman–Crippen MR) is 112 cm³/mol. The Morgan fingerprint density at radius 3 is 2.43 bits per heavy atom. The average molecular weight is 379 g/mol. The fourth-order valence-corrected chi connectivity index (χ4v) is 3.71. The Hall–Kier alpha value is -3.06. The fraction of sp³-hybridized carbons (Fsp3) is 0.333.